The zero-order chi connectivity index (χ0) is 14.7. The Morgan fingerprint density at radius 3 is 2.52 bits per heavy atom. The third-order valence-corrected chi connectivity index (χ3v) is 5.59. The molecular weight excluding hydrogens is 279 g/mol. The van der Waals surface area contributed by atoms with E-state index in [0.29, 0.717) is 6.42 Å². The minimum absolute atomic E-state index is 0.207. The molecular formula is C18H19O2P. The summed E-state index contributed by atoms with van der Waals surface area (Å²) in [6, 6.07) is 17.2. The smallest absolute Gasteiger partial charge is 0.303 e. The van der Waals surface area contributed by atoms with Crippen LogP contribution >= 0.6 is 8.58 Å². The highest BCUT2D eigenvalue weighted by molar-refractivity contribution is 7.48. The Balaban J connectivity index is 1.58. The molecule has 0 saturated heterocycles. The molecule has 21 heavy (non-hydrogen) atoms. The second-order valence-electron chi connectivity index (χ2n) is 5.62. The highest BCUT2D eigenvalue weighted by Gasteiger charge is 2.20. The summed E-state index contributed by atoms with van der Waals surface area (Å²) < 4.78 is 0. The topological polar surface area (TPSA) is 37.3 Å². The van der Waals surface area contributed by atoms with E-state index < -0.39 is 5.97 Å². The summed E-state index contributed by atoms with van der Waals surface area (Å²) in [5.41, 5.74) is 4.71. The molecule has 3 heteroatoms. The third-order valence-electron chi connectivity index (χ3n) is 3.98. The first-order valence-electron chi connectivity index (χ1n) is 7.35. The summed E-state index contributed by atoms with van der Waals surface area (Å²) in [7, 11) is 0.913. The molecule has 0 fully saturated rings. The fourth-order valence-corrected chi connectivity index (χ4v) is 4.54. The van der Waals surface area contributed by atoms with Crippen LogP contribution in [0.3, 0.4) is 0 Å². The van der Waals surface area contributed by atoms with E-state index in [2.05, 4.69) is 48.5 Å². The molecule has 2 atom stereocenters. The lowest BCUT2D eigenvalue weighted by atomic mass is 10.0. The van der Waals surface area contributed by atoms with Crippen molar-refractivity contribution in [2.75, 3.05) is 0 Å². The van der Waals surface area contributed by atoms with Crippen LogP contribution in [0.5, 0.6) is 0 Å². The summed E-state index contributed by atoms with van der Waals surface area (Å²) in [5, 5.41) is 10.2. The van der Waals surface area contributed by atoms with Crippen LogP contribution in [0.4, 0.5) is 0 Å². The number of aliphatic carboxylic acids is 1. The number of hydrogen-bond acceptors (Lipinski definition) is 1. The van der Waals surface area contributed by atoms with Crippen molar-refractivity contribution in [1.82, 2.24) is 0 Å². The van der Waals surface area contributed by atoms with Gasteiger partial charge in [-0.05, 0) is 46.9 Å². The SMILES string of the molecule is O=C(O)CCc1ccc(CC2Cc3ccccc3P2)cc1. The predicted octanol–water partition coefficient (Wildman–Crippen LogP) is 3.18. The van der Waals surface area contributed by atoms with E-state index in [4.69, 9.17) is 5.11 Å². The van der Waals surface area contributed by atoms with E-state index in [0.717, 1.165) is 26.2 Å². The zero-order valence-corrected chi connectivity index (χ0v) is 12.9. The van der Waals surface area contributed by atoms with Crippen LogP contribution in [0, 0.1) is 0 Å². The van der Waals surface area contributed by atoms with Crippen molar-refractivity contribution in [3.05, 3.63) is 65.2 Å². The molecule has 0 aliphatic carbocycles. The number of carbonyl (C=O) groups is 1. The first-order valence-corrected chi connectivity index (χ1v) is 8.42. The molecule has 2 nitrogen and oxygen atoms in total. The Morgan fingerprint density at radius 1 is 1.10 bits per heavy atom. The molecule has 0 amide bonds. The van der Waals surface area contributed by atoms with E-state index in [1.54, 1.807) is 0 Å². The number of hydrogen-bond donors (Lipinski definition) is 1. The molecule has 1 aliphatic heterocycles. The van der Waals surface area contributed by atoms with Gasteiger partial charge in [-0.2, -0.15) is 0 Å². The van der Waals surface area contributed by atoms with E-state index in [9.17, 15) is 4.79 Å². The van der Waals surface area contributed by atoms with Crippen molar-refractivity contribution >= 4 is 19.9 Å². The Bertz CT molecular complexity index is 609. The monoisotopic (exact) mass is 298 g/mol. The van der Waals surface area contributed by atoms with Crippen LogP contribution in [0.25, 0.3) is 0 Å². The largest absolute Gasteiger partial charge is 0.481 e. The quantitative estimate of drug-likeness (QED) is 0.861. The van der Waals surface area contributed by atoms with Crippen molar-refractivity contribution in [3.63, 3.8) is 0 Å². The van der Waals surface area contributed by atoms with Gasteiger partial charge in [0.25, 0.3) is 0 Å². The predicted molar refractivity (Wildman–Crippen MR) is 88.0 cm³/mol. The van der Waals surface area contributed by atoms with E-state index in [-0.39, 0.29) is 6.42 Å². The molecule has 0 bridgehead atoms. The standard InChI is InChI=1S/C18H19O2P/c19-18(20)10-9-13-5-7-14(8-6-13)11-16-12-15-3-1-2-4-17(15)21-16/h1-8,16,21H,9-12H2,(H,19,20). The van der Waals surface area contributed by atoms with Crippen LogP contribution in [0.2, 0.25) is 0 Å². The number of benzene rings is 2. The summed E-state index contributed by atoms with van der Waals surface area (Å²) in [4.78, 5) is 10.6. The van der Waals surface area contributed by atoms with E-state index >= 15 is 0 Å². The van der Waals surface area contributed by atoms with Gasteiger partial charge in [0.2, 0.25) is 0 Å². The van der Waals surface area contributed by atoms with Crippen molar-refractivity contribution in [2.24, 2.45) is 0 Å². The maximum Gasteiger partial charge on any atom is 0.303 e. The zero-order valence-electron chi connectivity index (χ0n) is 11.9. The highest BCUT2D eigenvalue weighted by Crippen LogP contribution is 2.33. The molecule has 1 aliphatic rings. The number of rotatable bonds is 5. The fourth-order valence-electron chi connectivity index (χ4n) is 2.88. The van der Waals surface area contributed by atoms with Gasteiger partial charge in [-0.3, -0.25) is 4.79 Å². The molecule has 1 N–H and O–H groups in total. The Labute approximate surface area is 127 Å². The lowest BCUT2D eigenvalue weighted by Crippen LogP contribution is -2.04. The van der Waals surface area contributed by atoms with Gasteiger partial charge >= 0.3 is 5.97 Å². The van der Waals surface area contributed by atoms with Gasteiger partial charge in [0.05, 0.1) is 0 Å². The number of carboxylic acids is 1. The fraction of sp³-hybridized carbons (Fsp3) is 0.278. The molecule has 2 unspecified atom stereocenters. The second-order valence-corrected chi connectivity index (χ2v) is 7.26. The second kappa shape index (κ2) is 6.41. The highest BCUT2D eigenvalue weighted by atomic mass is 31.1. The lowest BCUT2D eigenvalue weighted by molar-refractivity contribution is -0.136. The minimum atomic E-state index is -0.732. The van der Waals surface area contributed by atoms with Crippen molar-refractivity contribution in [1.29, 1.82) is 0 Å². The van der Waals surface area contributed by atoms with Crippen LogP contribution in [-0.4, -0.2) is 16.7 Å². The summed E-state index contributed by atoms with van der Waals surface area (Å²) >= 11 is 0. The lowest BCUT2D eigenvalue weighted by Gasteiger charge is -2.09. The minimum Gasteiger partial charge on any atom is -0.481 e. The first-order chi connectivity index (χ1) is 10.2. The van der Waals surface area contributed by atoms with Crippen molar-refractivity contribution in [3.8, 4) is 0 Å². The van der Waals surface area contributed by atoms with Gasteiger partial charge in [-0.15, -0.1) is 0 Å². The van der Waals surface area contributed by atoms with Crippen LogP contribution in [0.15, 0.2) is 48.5 Å². The summed E-state index contributed by atoms with van der Waals surface area (Å²) in [6.07, 6.45) is 3.13. The normalized spacial score (nSPS) is 17.8. The average molecular weight is 298 g/mol. The van der Waals surface area contributed by atoms with Gasteiger partial charge in [-0.1, -0.05) is 57.1 Å². The number of aryl methyl sites for hydroxylation is 1. The molecule has 1 heterocycles. The molecule has 3 rings (SSSR count). The van der Waals surface area contributed by atoms with Gasteiger partial charge < -0.3 is 5.11 Å². The van der Waals surface area contributed by atoms with E-state index in [1.807, 2.05) is 0 Å². The Hall–Kier alpha value is -1.66. The van der Waals surface area contributed by atoms with Crippen molar-refractivity contribution < 1.29 is 9.90 Å². The molecule has 2 aromatic carbocycles. The average Bonchev–Trinajstić information content (AvgIpc) is 2.88. The maximum atomic E-state index is 10.6. The van der Waals surface area contributed by atoms with Crippen LogP contribution < -0.4 is 5.30 Å². The third kappa shape index (κ3) is 3.71. The number of fused-ring (bicyclic) bond motifs is 1. The Kier molecular flexibility index (Phi) is 4.36. The molecule has 0 saturated carbocycles. The van der Waals surface area contributed by atoms with Crippen molar-refractivity contribution in [2.45, 2.75) is 31.3 Å². The van der Waals surface area contributed by atoms with Gasteiger partial charge in [0.1, 0.15) is 0 Å². The molecule has 108 valence electrons. The summed E-state index contributed by atoms with van der Waals surface area (Å²) in [5.74, 6) is -0.732. The molecule has 2 aromatic rings. The van der Waals surface area contributed by atoms with Crippen LogP contribution in [-0.2, 0) is 24.1 Å². The maximum absolute atomic E-state index is 10.6. The van der Waals surface area contributed by atoms with E-state index in [1.165, 1.54) is 22.9 Å². The Morgan fingerprint density at radius 2 is 1.81 bits per heavy atom. The van der Waals surface area contributed by atoms with Gasteiger partial charge in [-0.25, -0.2) is 0 Å². The van der Waals surface area contributed by atoms with Crippen LogP contribution in [0.1, 0.15) is 23.1 Å². The first kappa shape index (κ1) is 14.3. The number of carboxylic acid groups (broad SMARTS) is 1. The van der Waals surface area contributed by atoms with Gasteiger partial charge in [0.15, 0.2) is 0 Å². The molecule has 0 aromatic heterocycles. The molecule has 0 spiro atoms. The molecule has 0 radical (unpaired) electrons. The summed E-state index contributed by atoms with van der Waals surface area (Å²) in [6.45, 7) is 0. The van der Waals surface area contributed by atoms with Gasteiger partial charge in [0, 0.05) is 6.42 Å².